The van der Waals surface area contributed by atoms with Gasteiger partial charge in [-0.05, 0) is 50.1 Å². The van der Waals surface area contributed by atoms with Gasteiger partial charge in [-0.3, -0.25) is 5.32 Å². The summed E-state index contributed by atoms with van der Waals surface area (Å²) in [5, 5.41) is 21.9. The summed E-state index contributed by atoms with van der Waals surface area (Å²) >= 11 is 0. The van der Waals surface area contributed by atoms with Crippen molar-refractivity contribution >= 4 is 39.7 Å². The van der Waals surface area contributed by atoms with Gasteiger partial charge in [0, 0.05) is 0 Å². The van der Waals surface area contributed by atoms with Crippen molar-refractivity contribution in [1.29, 1.82) is 0 Å². The molecule has 0 fully saturated rings. The molecule has 0 atom stereocenters. The summed E-state index contributed by atoms with van der Waals surface area (Å²) < 4.78 is 42.6. The topological polar surface area (TPSA) is 140 Å². The minimum atomic E-state index is -5.08. The van der Waals surface area contributed by atoms with Crippen molar-refractivity contribution < 1.29 is 37.7 Å². The molecule has 0 spiro atoms. The van der Waals surface area contributed by atoms with Crippen molar-refractivity contribution in [3.05, 3.63) is 41.1 Å². The number of aromatic nitrogens is 4. The molecule has 13 heteroatoms. The lowest BCUT2D eigenvalue weighted by Crippen LogP contribution is -2.21. The summed E-state index contributed by atoms with van der Waals surface area (Å²) in [5.74, 6) is -1.08. The molecule has 0 aliphatic heterocycles. The van der Waals surface area contributed by atoms with Crippen molar-refractivity contribution in [2.45, 2.75) is 26.9 Å². The number of anilines is 2. The van der Waals surface area contributed by atoms with Crippen molar-refractivity contribution in [3.8, 4) is 17.4 Å². The van der Waals surface area contributed by atoms with Gasteiger partial charge in [0.1, 0.15) is 17.0 Å². The van der Waals surface area contributed by atoms with Gasteiger partial charge in [-0.2, -0.15) is 18.2 Å². The maximum atomic E-state index is 10.6. The Hall–Kier alpha value is -4.42. The number of nitrogens with zero attached hydrogens (tertiary/aromatic N) is 4. The van der Waals surface area contributed by atoms with Crippen LogP contribution in [0.25, 0.3) is 21.8 Å². The van der Waals surface area contributed by atoms with Gasteiger partial charge in [0.25, 0.3) is 0 Å². The van der Waals surface area contributed by atoms with Crippen LogP contribution in [-0.2, 0) is 4.79 Å². The molecule has 0 saturated heterocycles. The fourth-order valence-corrected chi connectivity index (χ4v) is 3.48. The molecule has 36 heavy (non-hydrogen) atoms. The molecule has 0 bridgehead atoms. The summed E-state index contributed by atoms with van der Waals surface area (Å²) in [5.41, 5.74) is 3.97. The molecule has 4 aromatic rings. The van der Waals surface area contributed by atoms with Crippen LogP contribution in [0.5, 0.6) is 17.4 Å². The van der Waals surface area contributed by atoms with Crippen LogP contribution in [0.2, 0.25) is 0 Å². The second-order valence-electron chi connectivity index (χ2n) is 7.60. The second-order valence-corrected chi connectivity index (χ2v) is 7.60. The zero-order valence-corrected chi connectivity index (χ0v) is 19.9. The molecule has 0 amide bonds. The van der Waals surface area contributed by atoms with Crippen LogP contribution in [0, 0.1) is 20.8 Å². The van der Waals surface area contributed by atoms with Crippen molar-refractivity contribution in [3.63, 3.8) is 0 Å². The van der Waals surface area contributed by atoms with Crippen molar-refractivity contribution in [2.75, 3.05) is 19.5 Å². The third kappa shape index (κ3) is 5.45. The molecule has 2 aromatic carbocycles. The van der Waals surface area contributed by atoms with Crippen LogP contribution in [0.3, 0.4) is 0 Å². The molecule has 0 aliphatic carbocycles. The summed E-state index contributed by atoms with van der Waals surface area (Å²) in [7, 11) is 3.18. The van der Waals surface area contributed by atoms with E-state index >= 15 is 0 Å². The standard InChI is InChI=1S/C21H21N5O3.C2HF3O2/c1-10-8-11(2)17-13(9-10)19(27)25-21(23-17)26-20-22-12(3)16-14(28-4)6-7-15(29-5)18(16)24-20;3-2(4,5)1(6)7/h6-9H,1-5H3,(H2,22,23,24,25,26,27);(H,6,7). The van der Waals surface area contributed by atoms with Gasteiger partial charge in [0.15, 0.2) is 0 Å². The maximum Gasteiger partial charge on any atom is 0.490 e. The highest BCUT2D eigenvalue weighted by Crippen LogP contribution is 2.34. The summed E-state index contributed by atoms with van der Waals surface area (Å²) in [4.78, 5) is 26.7. The Bertz CT molecular complexity index is 1460. The van der Waals surface area contributed by atoms with E-state index in [-0.39, 0.29) is 11.8 Å². The van der Waals surface area contributed by atoms with E-state index in [9.17, 15) is 18.3 Å². The largest absolute Gasteiger partial charge is 0.496 e. The monoisotopic (exact) mass is 505 g/mol. The quantitative estimate of drug-likeness (QED) is 0.361. The average molecular weight is 505 g/mol. The number of methoxy groups -OCH3 is 2. The normalized spacial score (nSPS) is 11.1. The van der Waals surface area contributed by atoms with Crippen LogP contribution in [0.4, 0.5) is 25.1 Å². The number of carboxylic acids is 1. The van der Waals surface area contributed by atoms with Gasteiger partial charge in [-0.25, -0.2) is 19.7 Å². The number of halogens is 3. The van der Waals surface area contributed by atoms with Gasteiger partial charge in [-0.15, -0.1) is 0 Å². The highest BCUT2D eigenvalue weighted by atomic mass is 19.4. The van der Waals surface area contributed by atoms with Gasteiger partial charge < -0.3 is 19.7 Å². The molecule has 10 nitrogen and oxygen atoms in total. The highest BCUT2D eigenvalue weighted by Gasteiger charge is 2.38. The lowest BCUT2D eigenvalue weighted by molar-refractivity contribution is -0.192. The molecule has 0 radical (unpaired) electrons. The SMILES string of the molecule is COc1ccc(OC)c2c(C)nc(Nc3nc(O)c4cc(C)cc(C)c4n3)nc12.O=C(O)C(F)(F)F. The fraction of sp³-hybridized carbons (Fsp3) is 0.261. The van der Waals surface area contributed by atoms with Crippen LogP contribution >= 0.6 is 0 Å². The predicted octanol–water partition coefficient (Wildman–Crippen LogP) is 4.60. The highest BCUT2D eigenvalue weighted by molar-refractivity contribution is 5.93. The van der Waals surface area contributed by atoms with E-state index in [1.54, 1.807) is 20.3 Å². The average Bonchev–Trinajstić information content (AvgIpc) is 2.79. The minimum Gasteiger partial charge on any atom is -0.496 e. The first-order valence-corrected chi connectivity index (χ1v) is 10.3. The Morgan fingerprint density at radius 1 is 0.917 bits per heavy atom. The van der Waals surface area contributed by atoms with E-state index in [2.05, 4.69) is 25.3 Å². The van der Waals surface area contributed by atoms with Crippen molar-refractivity contribution in [1.82, 2.24) is 19.9 Å². The first-order chi connectivity index (χ1) is 16.8. The first-order valence-electron chi connectivity index (χ1n) is 10.3. The van der Waals surface area contributed by atoms with Crippen LogP contribution in [-0.4, -0.2) is 56.5 Å². The molecule has 4 rings (SSSR count). The van der Waals surface area contributed by atoms with E-state index in [0.717, 1.165) is 16.5 Å². The van der Waals surface area contributed by atoms with Gasteiger partial charge in [-0.1, -0.05) is 6.07 Å². The number of aryl methyl sites for hydroxylation is 3. The molecular formula is C23H22F3N5O5. The zero-order valence-electron chi connectivity index (χ0n) is 19.9. The number of aromatic hydroxyl groups is 1. The number of ether oxygens (including phenoxy) is 2. The number of alkyl halides is 3. The van der Waals surface area contributed by atoms with Gasteiger partial charge in [0.05, 0.1) is 36.2 Å². The summed E-state index contributed by atoms with van der Waals surface area (Å²) in [6.07, 6.45) is -5.08. The molecular weight excluding hydrogens is 483 g/mol. The Labute approximate surface area is 202 Å². The number of fused-ring (bicyclic) bond motifs is 2. The van der Waals surface area contributed by atoms with E-state index in [0.29, 0.717) is 39.6 Å². The second kappa shape index (κ2) is 10.1. The van der Waals surface area contributed by atoms with Crippen LogP contribution in [0.1, 0.15) is 16.8 Å². The van der Waals surface area contributed by atoms with Gasteiger partial charge >= 0.3 is 12.1 Å². The Balaban J connectivity index is 0.000000454. The molecule has 0 unspecified atom stereocenters. The molecule has 0 saturated carbocycles. The van der Waals surface area contributed by atoms with E-state index in [4.69, 9.17) is 19.4 Å². The number of benzene rings is 2. The number of nitrogens with one attached hydrogen (secondary N) is 1. The number of hydrogen-bond donors (Lipinski definition) is 3. The number of hydrogen-bond acceptors (Lipinski definition) is 9. The molecule has 3 N–H and O–H groups in total. The third-order valence-corrected chi connectivity index (χ3v) is 4.98. The lowest BCUT2D eigenvalue weighted by atomic mass is 10.1. The maximum absolute atomic E-state index is 10.6. The van der Waals surface area contributed by atoms with E-state index in [1.807, 2.05) is 39.0 Å². The number of carboxylic acid groups (broad SMARTS) is 1. The Morgan fingerprint density at radius 3 is 2.06 bits per heavy atom. The zero-order chi connectivity index (χ0) is 26.8. The molecule has 2 heterocycles. The number of aliphatic carboxylic acids is 1. The van der Waals surface area contributed by atoms with E-state index in [1.165, 1.54) is 0 Å². The summed E-state index contributed by atoms with van der Waals surface area (Å²) in [6.45, 7) is 5.77. The fourth-order valence-electron chi connectivity index (χ4n) is 3.48. The van der Waals surface area contributed by atoms with Gasteiger partial charge in [0.2, 0.25) is 17.8 Å². The smallest absolute Gasteiger partial charge is 0.490 e. The summed E-state index contributed by atoms with van der Waals surface area (Å²) in [6, 6.07) is 7.48. The predicted molar refractivity (Wildman–Crippen MR) is 125 cm³/mol. The van der Waals surface area contributed by atoms with Crippen LogP contribution < -0.4 is 14.8 Å². The lowest BCUT2D eigenvalue weighted by Gasteiger charge is -2.13. The number of rotatable bonds is 4. The van der Waals surface area contributed by atoms with Crippen LogP contribution in [0.15, 0.2) is 24.3 Å². The third-order valence-electron chi connectivity index (χ3n) is 4.98. The minimum absolute atomic E-state index is 0.0962. The Kier molecular flexibility index (Phi) is 7.32. The molecule has 2 aromatic heterocycles. The van der Waals surface area contributed by atoms with Crippen molar-refractivity contribution in [2.24, 2.45) is 0 Å². The number of carbonyl (C=O) groups is 1. The first kappa shape index (κ1) is 26.2. The Morgan fingerprint density at radius 2 is 1.47 bits per heavy atom. The van der Waals surface area contributed by atoms with E-state index < -0.39 is 12.1 Å². The molecule has 0 aliphatic rings. The molecule has 190 valence electrons.